The number of non-ortho nitro benzene ring substituents is 1. The number of nitro benzene ring substituents is 1. The van der Waals surface area contributed by atoms with Crippen molar-refractivity contribution in [2.24, 2.45) is 0 Å². The summed E-state index contributed by atoms with van der Waals surface area (Å²) >= 11 is 0. The fourth-order valence-corrected chi connectivity index (χ4v) is 7.89. The maximum absolute atomic E-state index is 11.2. The average Bonchev–Trinajstić information content (AvgIpc) is 2.77. The Hall–Kier alpha value is -2.56. The van der Waals surface area contributed by atoms with Gasteiger partial charge in [-0.25, -0.2) is 0 Å². The number of nitrogens with zero attached hydrogens (tertiary/aromatic N) is 1. The second-order valence-electron chi connectivity index (χ2n) is 6.45. The predicted molar refractivity (Wildman–Crippen MR) is 118 cm³/mol. The topological polar surface area (TPSA) is 43.1 Å². The van der Waals surface area contributed by atoms with Gasteiger partial charge < -0.3 is 24.0 Å². The number of hydrogen-bond donors (Lipinski definition) is 0. The first-order valence-electron chi connectivity index (χ1n) is 9.04. The molecule has 4 aromatic rings. The largest absolute Gasteiger partial charge is 1.00 e. The summed E-state index contributed by atoms with van der Waals surface area (Å²) in [6, 6.07) is 38.4. The molecule has 0 unspecified atom stereocenters. The van der Waals surface area contributed by atoms with E-state index < -0.39 is 7.26 Å². The molecule has 0 aromatic heterocycles. The zero-order valence-corrected chi connectivity index (χ0v) is 18.6. The van der Waals surface area contributed by atoms with E-state index in [0.29, 0.717) is 0 Å². The van der Waals surface area contributed by atoms with Crippen LogP contribution in [0.15, 0.2) is 115 Å². The first-order chi connectivity index (χ1) is 13.7. The third-order valence-electron chi connectivity index (χ3n) is 4.88. The van der Waals surface area contributed by atoms with Gasteiger partial charge in [-0.05, 0) is 48.5 Å². The van der Waals surface area contributed by atoms with Crippen molar-refractivity contribution in [2.75, 3.05) is 0 Å². The summed E-state index contributed by atoms with van der Waals surface area (Å²) in [4.78, 5) is 10.8. The van der Waals surface area contributed by atoms with Crippen LogP contribution in [0, 0.1) is 10.1 Å². The Labute approximate surface area is 187 Å². The van der Waals surface area contributed by atoms with E-state index in [0.717, 1.165) is 5.30 Å². The minimum atomic E-state index is -2.18. The summed E-state index contributed by atoms with van der Waals surface area (Å²) in [5.41, 5.74) is 0.107. The molecule has 0 fully saturated rings. The smallest absolute Gasteiger partial charge is 0.269 e. The van der Waals surface area contributed by atoms with Crippen molar-refractivity contribution in [1.82, 2.24) is 0 Å². The van der Waals surface area contributed by atoms with Gasteiger partial charge in [-0.3, -0.25) is 10.1 Å². The predicted octanol–water partition coefficient (Wildman–Crippen LogP) is 1.22. The molecule has 0 heterocycles. The van der Waals surface area contributed by atoms with E-state index in [9.17, 15) is 10.1 Å². The Morgan fingerprint density at radius 3 is 1.14 bits per heavy atom. The molecule has 4 aromatic carbocycles. The molecule has 0 aliphatic heterocycles. The molecule has 5 heteroatoms. The molecule has 0 N–H and O–H groups in total. The minimum absolute atomic E-state index is 0. The highest BCUT2D eigenvalue weighted by molar-refractivity contribution is 8.01. The van der Waals surface area contributed by atoms with E-state index in [1.807, 2.05) is 30.3 Å². The first-order valence-corrected chi connectivity index (χ1v) is 10.8. The lowest BCUT2D eigenvalue weighted by molar-refractivity contribution is -0.384. The van der Waals surface area contributed by atoms with Crippen LogP contribution in [0.3, 0.4) is 0 Å². The van der Waals surface area contributed by atoms with Crippen molar-refractivity contribution in [3.8, 4) is 0 Å². The summed E-state index contributed by atoms with van der Waals surface area (Å²) in [6.07, 6.45) is 0. The Morgan fingerprint density at radius 1 is 0.517 bits per heavy atom. The van der Waals surface area contributed by atoms with Crippen LogP contribution < -0.4 is 45.2 Å². The Bertz CT molecular complexity index is 975. The number of rotatable bonds is 5. The average molecular weight is 511 g/mol. The Morgan fingerprint density at radius 2 is 0.828 bits per heavy atom. The van der Waals surface area contributed by atoms with Crippen LogP contribution in [0.2, 0.25) is 0 Å². The van der Waals surface area contributed by atoms with E-state index in [4.69, 9.17) is 0 Å². The van der Waals surface area contributed by atoms with Gasteiger partial charge in [0.15, 0.2) is 0 Å². The van der Waals surface area contributed by atoms with Crippen LogP contribution in [0.25, 0.3) is 0 Å². The summed E-state index contributed by atoms with van der Waals surface area (Å²) in [7, 11) is -2.18. The standard InChI is InChI=1S/C24H19NO2P.HI/c26-25(27)20-16-18-24(19-17-20)28(21-10-4-1-5-11-21,22-12-6-2-7-13-22)23-14-8-3-9-15-23;/h1-19H;1H/q+1;/p-1. The van der Waals surface area contributed by atoms with Gasteiger partial charge in [0, 0.05) is 12.1 Å². The molecule has 0 saturated carbocycles. The van der Waals surface area contributed by atoms with Crippen molar-refractivity contribution in [3.63, 3.8) is 0 Å². The van der Waals surface area contributed by atoms with Crippen molar-refractivity contribution >= 4 is 34.2 Å². The van der Waals surface area contributed by atoms with Crippen LogP contribution in [0.4, 0.5) is 5.69 Å². The molecule has 0 aliphatic carbocycles. The van der Waals surface area contributed by atoms with Crippen LogP contribution >= 0.6 is 7.26 Å². The second kappa shape index (κ2) is 9.29. The maximum atomic E-state index is 11.2. The lowest BCUT2D eigenvalue weighted by Gasteiger charge is -2.27. The fourth-order valence-electron chi connectivity index (χ4n) is 3.65. The van der Waals surface area contributed by atoms with Crippen molar-refractivity contribution in [3.05, 3.63) is 125 Å². The third-order valence-corrected chi connectivity index (χ3v) is 9.17. The molecule has 29 heavy (non-hydrogen) atoms. The molecule has 0 atom stereocenters. The molecule has 4 rings (SSSR count). The van der Waals surface area contributed by atoms with Gasteiger partial charge in [-0.1, -0.05) is 54.6 Å². The van der Waals surface area contributed by atoms with Gasteiger partial charge >= 0.3 is 0 Å². The molecule has 0 bridgehead atoms. The molecule has 3 nitrogen and oxygen atoms in total. The van der Waals surface area contributed by atoms with Crippen LogP contribution in [-0.2, 0) is 0 Å². The number of benzene rings is 4. The Balaban J connectivity index is 0.00000240. The van der Waals surface area contributed by atoms with Gasteiger partial charge in [-0.15, -0.1) is 0 Å². The van der Waals surface area contributed by atoms with Gasteiger partial charge in [0.1, 0.15) is 28.5 Å². The zero-order valence-electron chi connectivity index (χ0n) is 15.6. The summed E-state index contributed by atoms with van der Waals surface area (Å²) in [5, 5.41) is 16.0. The van der Waals surface area contributed by atoms with E-state index in [1.54, 1.807) is 12.1 Å². The SMILES string of the molecule is O=[N+]([O-])c1ccc([P+](c2ccccc2)(c2ccccc2)c2ccccc2)cc1.[I-]. The lowest BCUT2D eigenvalue weighted by atomic mass is 10.3. The van der Waals surface area contributed by atoms with Gasteiger partial charge in [0.25, 0.3) is 5.69 Å². The second-order valence-corrected chi connectivity index (χ2v) is 9.86. The Kier molecular flexibility index (Phi) is 6.78. The van der Waals surface area contributed by atoms with Gasteiger partial charge in [0.2, 0.25) is 0 Å². The molecule has 0 aliphatic rings. The van der Waals surface area contributed by atoms with Crippen LogP contribution in [-0.4, -0.2) is 4.92 Å². The highest BCUT2D eigenvalue weighted by Crippen LogP contribution is 2.54. The minimum Gasteiger partial charge on any atom is -1.00 e. The molecule has 144 valence electrons. The van der Waals surface area contributed by atoms with Gasteiger partial charge in [-0.2, -0.15) is 0 Å². The van der Waals surface area contributed by atoms with Crippen LogP contribution in [0.5, 0.6) is 0 Å². The van der Waals surface area contributed by atoms with Crippen molar-refractivity contribution in [2.45, 2.75) is 0 Å². The molecule has 0 saturated heterocycles. The van der Waals surface area contributed by atoms with Crippen molar-refractivity contribution in [1.29, 1.82) is 0 Å². The monoisotopic (exact) mass is 511 g/mol. The number of halogens is 1. The fraction of sp³-hybridized carbons (Fsp3) is 0. The van der Waals surface area contributed by atoms with Crippen molar-refractivity contribution < 1.29 is 28.9 Å². The third kappa shape index (κ3) is 3.96. The highest BCUT2D eigenvalue weighted by atomic mass is 127. The molecular weight excluding hydrogens is 492 g/mol. The number of hydrogen-bond acceptors (Lipinski definition) is 2. The summed E-state index contributed by atoms with van der Waals surface area (Å²) < 4.78 is 0. The van der Waals surface area contributed by atoms with Gasteiger partial charge in [0.05, 0.1) is 4.92 Å². The van der Waals surface area contributed by atoms with E-state index in [-0.39, 0.29) is 34.6 Å². The van der Waals surface area contributed by atoms with E-state index in [1.165, 1.54) is 15.9 Å². The quantitative estimate of drug-likeness (QED) is 0.175. The van der Waals surface area contributed by atoms with E-state index >= 15 is 0 Å². The zero-order chi connectivity index (χ0) is 19.4. The summed E-state index contributed by atoms with van der Waals surface area (Å²) in [6.45, 7) is 0. The molecular formula is C24H19INO2P. The first kappa shape index (κ1) is 21.2. The summed E-state index contributed by atoms with van der Waals surface area (Å²) in [5.74, 6) is 0. The molecule has 0 amide bonds. The molecule has 0 spiro atoms. The van der Waals surface area contributed by atoms with Crippen LogP contribution in [0.1, 0.15) is 0 Å². The number of nitro groups is 1. The maximum Gasteiger partial charge on any atom is 0.269 e. The highest BCUT2D eigenvalue weighted by Gasteiger charge is 2.47. The molecule has 0 radical (unpaired) electrons. The van der Waals surface area contributed by atoms with E-state index in [2.05, 4.69) is 72.8 Å². The lowest BCUT2D eigenvalue weighted by Crippen LogP contribution is -3.00. The normalized spacial score (nSPS) is 10.8.